The van der Waals surface area contributed by atoms with Crippen molar-refractivity contribution in [3.63, 3.8) is 0 Å². The number of rotatable bonds is 3. The zero-order valence-corrected chi connectivity index (χ0v) is 13.2. The monoisotopic (exact) mass is 298 g/mol. The molecule has 108 valence electrons. The van der Waals surface area contributed by atoms with Gasteiger partial charge in [0.05, 0.1) is 0 Å². The topological polar surface area (TPSA) is 41.1 Å². The van der Waals surface area contributed by atoms with Crippen LogP contribution in [0.4, 0.5) is 11.4 Å². The van der Waals surface area contributed by atoms with E-state index in [0.717, 1.165) is 22.5 Å². The summed E-state index contributed by atoms with van der Waals surface area (Å²) in [6.45, 7) is 5.63. The molecular formula is C17H18N2OS. The zero-order chi connectivity index (χ0) is 15.4. The van der Waals surface area contributed by atoms with Gasteiger partial charge in [0, 0.05) is 16.9 Å². The van der Waals surface area contributed by atoms with E-state index < -0.39 is 0 Å². The molecule has 3 nitrogen and oxygen atoms in total. The summed E-state index contributed by atoms with van der Waals surface area (Å²) in [5.41, 5.74) is 4.85. The van der Waals surface area contributed by atoms with Gasteiger partial charge in [-0.2, -0.15) is 0 Å². The predicted molar refractivity (Wildman–Crippen MR) is 92.2 cm³/mol. The second-order valence-electron chi connectivity index (χ2n) is 4.98. The number of aryl methyl sites for hydroxylation is 2. The van der Waals surface area contributed by atoms with E-state index >= 15 is 0 Å². The minimum Gasteiger partial charge on any atom is -0.332 e. The van der Waals surface area contributed by atoms with E-state index in [4.69, 9.17) is 12.2 Å². The second-order valence-corrected chi connectivity index (χ2v) is 5.39. The van der Waals surface area contributed by atoms with Gasteiger partial charge in [0.1, 0.15) is 0 Å². The highest BCUT2D eigenvalue weighted by Crippen LogP contribution is 2.20. The Hall–Kier alpha value is -2.20. The van der Waals surface area contributed by atoms with Gasteiger partial charge in [0.2, 0.25) is 0 Å². The number of benzene rings is 2. The fraction of sp³-hybridized carbons (Fsp3) is 0.176. The number of Topliss-reactive ketones (excluding diaryl/α,β-unsaturated/α-hetero) is 1. The van der Waals surface area contributed by atoms with E-state index in [1.165, 1.54) is 0 Å². The van der Waals surface area contributed by atoms with Crippen molar-refractivity contribution in [2.75, 3.05) is 10.6 Å². The number of hydrogen-bond donors (Lipinski definition) is 2. The molecule has 0 aliphatic heterocycles. The summed E-state index contributed by atoms with van der Waals surface area (Å²) in [4.78, 5) is 11.2. The molecule has 0 fully saturated rings. The van der Waals surface area contributed by atoms with Crippen LogP contribution >= 0.6 is 12.2 Å². The summed E-state index contributed by atoms with van der Waals surface area (Å²) in [6, 6.07) is 13.4. The number of anilines is 2. The third kappa shape index (κ3) is 3.89. The van der Waals surface area contributed by atoms with Crippen LogP contribution in [0.15, 0.2) is 42.5 Å². The number of hydrogen-bond acceptors (Lipinski definition) is 2. The molecule has 0 aliphatic rings. The fourth-order valence-corrected chi connectivity index (χ4v) is 2.30. The molecule has 0 aromatic heterocycles. The second kappa shape index (κ2) is 6.50. The smallest absolute Gasteiger partial charge is 0.175 e. The molecule has 2 rings (SSSR count). The minimum absolute atomic E-state index is 0.0535. The summed E-state index contributed by atoms with van der Waals surface area (Å²) in [6.07, 6.45) is 0. The molecule has 0 spiro atoms. The number of ketones is 1. The van der Waals surface area contributed by atoms with Crippen molar-refractivity contribution in [1.29, 1.82) is 0 Å². The van der Waals surface area contributed by atoms with E-state index in [1.807, 2.05) is 44.2 Å². The number of carbonyl (C=O) groups excluding carboxylic acids is 1. The largest absolute Gasteiger partial charge is 0.332 e. The Balaban J connectivity index is 2.06. The van der Waals surface area contributed by atoms with Gasteiger partial charge < -0.3 is 10.6 Å². The van der Waals surface area contributed by atoms with Gasteiger partial charge in [-0.15, -0.1) is 0 Å². The van der Waals surface area contributed by atoms with Gasteiger partial charge in [-0.3, -0.25) is 4.79 Å². The first kappa shape index (κ1) is 15.2. The van der Waals surface area contributed by atoms with Gasteiger partial charge >= 0.3 is 0 Å². The first-order valence-corrected chi connectivity index (χ1v) is 7.13. The van der Waals surface area contributed by atoms with Crippen molar-refractivity contribution in [2.24, 2.45) is 0 Å². The number of para-hydroxylation sites is 1. The summed E-state index contributed by atoms with van der Waals surface area (Å²) >= 11 is 5.33. The quantitative estimate of drug-likeness (QED) is 0.654. The van der Waals surface area contributed by atoms with Crippen LogP contribution < -0.4 is 10.6 Å². The van der Waals surface area contributed by atoms with Gasteiger partial charge in [-0.25, -0.2) is 0 Å². The van der Waals surface area contributed by atoms with E-state index in [1.54, 1.807) is 19.1 Å². The Morgan fingerprint density at radius 3 is 2.05 bits per heavy atom. The van der Waals surface area contributed by atoms with Crippen LogP contribution in [-0.2, 0) is 0 Å². The van der Waals surface area contributed by atoms with Crippen LogP contribution in [0.5, 0.6) is 0 Å². The normalized spacial score (nSPS) is 10.0. The summed E-state index contributed by atoms with van der Waals surface area (Å²) in [5, 5.41) is 6.87. The molecule has 0 radical (unpaired) electrons. The number of nitrogens with one attached hydrogen (secondary N) is 2. The third-order valence-corrected chi connectivity index (χ3v) is 3.47. The molecule has 2 N–H and O–H groups in total. The Morgan fingerprint density at radius 2 is 1.52 bits per heavy atom. The van der Waals surface area contributed by atoms with Crippen LogP contribution in [0.1, 0.15) is 28.4 Å². The SMILES string of the molecule is CC(=O)c1ccc(NC(=S)Nc2c(C)cccc2C)cc1. The maximum Gasteiger partial charge on any atom is 0.175 e. The van der Waals surface area contributed by atoms with Crippen LogP contribution in [0.3, 0.4) is 0 Å². The Labute approximate surface area is 130 Å². The minimum atomic E-state index is 0.0535. The highest BCUT2D eigenvalue weighted by Gasteiger charge is 2.05. The van der Waals surface area contributed by atoms with Gasteiger partial charge in [0.15, 0.2) is 10.9 Å². The first-order chi connectivity index (χ1) is 9.97. The van der Waals surface area contributed by atoms with Crippen LogP contribution in [-0.4, -0.2) is 10.9 Å². The lowest BCUT2D eigenvalue weighted by Crippen LogP contribution is -2.20. The molecule has 0 unspecified atom stereocenters. The zero-order valence-electron chi connectivity index (χ0n) is 12.4. The molecule has 2 aromatic rings. The van der Waals surface area contributed by atoms with Crippen molar-refractivity contribution in [2.45, 2.75) is 20.8 Å². The van der Waals surface area contributed by atoms with Crippen molar-refractivity contribution in [3.05, 3.63) is 59.2 Å². The Morgan fingerprint density at radius 1 is 0.952 bits per heavy atom. The molecule has 0 aliphatic carbocycles. The molecule has 2 aromatic carbocycles. The summed E-state index contributed by atoms with van der Waals surface area (Å²) < 4.78 is 0. The number of thiocarbonyl (C=S) groups is 1. The van der Waals surface area contributed by atoms with Crippen molar-refractivity contribution >= 4 is 34.5 Å². The first-order valence-electron chi connectivity index (χ1n) is 6.72. The van der Waals surface area contributed by atoms with Crippen LogP contribution in [0, 0.1) is 13.8 Å². The molecule has 0 atom stereocenters. The highest BCUT2D eigenvalue weighted by molar-refractivity contribution is 7.80. The summed E-state index contributed by atoms with van der Waals surface area (Å²) in [5.74, 6) is 0.0535. The van der Waals surface area contributed by atoms with E-state index in [2.05, 4.69) is 10.6 Å². The highest BCUT2D eigenvalue weighted by atomic mass is 32.1. The maximum atomic E-state index is 11.2. The average Bonchev–Trinajstić information content (AvgIpc) is 2.43. The average molecular weight is 298 g/mol. The lowest BCUT2D eigenvalue weighted by molar-refractivity contribution is 0.101. The standard InChI is InChI=1S/C17H18N2OS/c1-11-5-4-6-12(2)16(11)19-17(21)18-15-9-7-14(8-10-15)13(3)20/h4-10H,1-3H3,(H2,18,19,21). The van der Waals surface area contributed by atoms with E-state index in [-0.39, 0.29) is 5.78 Å². The number of carbonyl (C=O) groups is 1. The van der Waals surface area contributed by atoms with Crippen molar-refractivity contribution < 1.29 is 4.79 Å². The fourth-order valence-electron chi connectivity index (χ4n) is 2.08. The van der Waals surface area contributed by atoms with Gasteiger partial charge in [-0.1, -0.05) is 18.2 Å². The van der Waals surface area contributed by atoms with Crippen molar-refractivity contribution in [3.8, 4) is 0 Å². The van der Waals surface area contributed by atoms with E-state index in [9.17, 15) is 4.79 Å². The molecule has 4 heteroatoms. The Bertz CT molecular complexity index is 657. The molecule has 21 heavy (non-hydrogen) atoms. The van der Waals surface area contributed by atoms with E-state index in [0.29, 0.717) is 10.7 Å². The van der Waals surface area contributed by atoms with Crippen LogP contribution in [0.25, 0.3) is 0 Å². The molecule has 0 bridgehead atoms. The lowest BCUT2D eigenvalue weighted by atomic mass is 10.1. The maximum absolute atomic E-state index is 11.2. The molecule has 0 heterocycles. The van der Waals surface area contributed by atoms with Gasteiger partial charge in [-0.05, 0) is 68.4 Å². The predicted octanol–water partition coefficient (Wildman–Crippen LogP) is 4.31. The van der Waals surface area contributed by atoms with Crippen LogP contribution in [0.2, 0.25) is 0 Å². The van der Waals surface area contributed by atoms with Crippen molar-refractivity contribution in [1.82, 2.24) is 0 Å². The molecule has 0 amide bonds. The summed E-state index contributed by atoms with van der Waals surface area (Å²) in [7, 11) is 0. The lowest BCUT2D eigenvalue weighted by Gasteiger charge is -2.14. The molecular weight excluding hydrogens is 280 g/mol. The molecule has 0 saturated carbocycles. The Kier molecular flexibility index (Phi) is 4.70. The molecule has 0 saturated heterocycles. The third-order valence-electron chi connectivity index (χ3n) is 3.27. The van der Waals surface area contributed by atoms with Gasteiger partial charge in [0.25, 0.3) is 0 Å².